The van der Waals surface area contributed by atoms with Crippen LogP contribution in [0.4, 0.5) is 0 Å². The number of nitrogens with one attached hydrogen (secondary N) is 1. The van der Waals surface area contributed by atoms with Gasteiger partial charge in [-0.15, -0.1) is 0 Å². The standard InChI is InChI=1S/C15H26N2O/c1-12-9-13(7-8-14(12)18-6)10-17(5)11-15(2,3)16-4/h7-9,16H,10-11H2,1-6H3. The zero-order valence-corrected chi connectivity index (χ0v) is 12.5. The molecule has 3 heteroatoms. The summed E-state index contributed by atoms with van der Waals surface area (Å²) in [4.78, 5) is 2.33. The fraction of sp³-hybridized carbons (Fsp3) is 0.600. The van der Waals surface area contributed by atoms with E-state index in [2.05, 4.69) is 50.2 Å². The molecule has 0 bridgehead atoms. The maximum Gasteiger partial charge on any atom is 0.121 e. The maximum absolute atomic E-state index is 5.28. The minimum Gasteiger partial charge on any atom is -0.496 e. The second-order valence-corrected chi connectivity index (χ2v) is 5.61. The minimum atomic E-state index is 0.135. The van der Waals surface area contributed by atoms with Gasteiger partial charge < -0.3 is 15.0 Å². The molecule has 18 heavy (non-hydrogen) atoms. The highest BCUT2D eigenvalue weighted by molar-refractivity contribution is 5.36. The summed E-state index contributed by atoms with van der Waals surface area (Å²) in [5.74, 6) is 0.956. The third-order valence-corrected chi connectivity index (χ3v) is 3.25. The molecule has 0 saturated carbocycles. The molecule has 0 radical (unpaired) electrons. The Labute approximate surface area is 111 Å². The van der Waals surface area contributed by atoms with E-state index in [9.17, 15) is 0 Å². The van der Waals surface area contributed by atoms with Crippen molar-refractivity contribution in [2.75, 3.05) is 27.7 Å². The number of likely N-dealkylation sites (N-methyl/N-ethyl adjacent to an activating group) is 2. The van der Waals surface area contributed by atoms with E-state index >= 15 is 0 Å². The summed E-state index contributed by atoms with van der Waals surface area (Å²) >= 11 is 0. The molecule has 1 rings (SSSR count). The number of methoxy groups -OCH3 is 1. The first kappa shape index (κ1) is 15.0. The molecular formula is C15H26N2O. The molecule has 3 nitrogen and oxygen atoms in total. The Morgan fingerprint density at radius 1 is 1.33 bits per heavy atom. The highest BCUT2D eigenvalue weighted by Crippen LogP contribution is 2.19. The molecule has 0 aromatic heterocycles. The number of hydrogen-bond donors (Lipinski definition) is 1. The summed E-state index contributed by atoms with van der Waals surface area (Å²) in [6.45, 7) is 8.47. The topological polar surface area (TPSA) is 24.5 Å². The van der Waals surface area contributed by atoms with Gasteiger partial charge in [-0.1, -0.05) is 12.1 Å². The molecule has 0 aliphatic heterocycles. The fourth-order valence-electron chi connectivity index (χ4n) is 2.16. The summed E-state index contributed by atoms with van der Waals surface area (Å²) in [5, 5.41) is 3.33. The average molecular weight is 250 g/mol. The molecule has 0 aliphatic carbocycles. The van der Waals surface area contributed by atoms with Gasteiger partial charge in [-0.05, 0) is 52.1 Å². The molecule has 0 heterocycles. The zero-order chi connectivity index (χ0) is 13.8. The number of ether oxygens (including phenoxy) is 1. The lowest BCUT2D eigenvalue weighted by Gasteiger charge is -2.30. The average Bonchev–Trinajstić information content (AvgIpc) is 2.28. The molecule has 0 amide bonds. The molecule has 1 aromatic rings. The van der Waals surface area contributed by atoms with Crippen molar-refractivity contribution >= 4 is 0 Å². The first-order chi connectivity index (χ1) is 8.38. The molecule has 0 aliphatic rings. The number of nitrogens with zero attached hydrogens (tertiary/aromatic N) is 1. The van der Waals surface area contributed by atoms with Gasteiger partial charge in [0.05, 0.1) is 7.11 Å². The van der Waals surface area contributed by atoms with Gasteiger partial charge in [0.25, 0.3) is 0 Å². The van der Waals surface area contributed by atoms with Crippen molar-refractivity contribution < 1.29 is 4.74 Å². The van der Waals surface area contributed by atoms with Crippen molar-refractivity contribution in [2.45, 2.75) is 32.9 Å². The van der Waals surface area contributed by atoms with Gasteiger partial charge in [0.15, 0.2) is 0 Å². The van der Waals surface area contributed by atoms with Gasteiger partial charge >= 0.3 is 0 Å². The van der Waals surface area contributed by atoms with E-state index < -0.39 is 0 Å². The van der Waals surface area contributed by atoms with Crippen molar-refractivity contribution in [3.05, 3.63) is 29.3 Å². The largest absolute Gasteiger partial charge is 0.496 e. The number of rotatable bonds is 6. The smallest absolute Gasteiger partial charge is 0.121 e. The van der Waals surface area contributed by atoms with Crippen molar-refractivity contribution in [3.8, 4) is 5.75 Å². The van der Waals surface area contributed by atoms with Crippen LogP contribution < -0.4 is 10.1 Å². The van der Waals surface area contributed by atoms with Crippen molar-refractivity contribution in [1.82, 2.24) is 10.2 Å². The van der Waals surface area contributed by atoms with E-state index in [0.29, 0.717) is 0 Å². The highest BCUT2D eigenvalue weighted by atomic mass is 16.5. The lowest BCUT2D eigenvalue weighted by Crippen LogP contribution is -2.46. The quantitative estimate of drug-likeness (QED) is 0.839. The first-order valence-electron chi connectivity index (χ1n) is 6.39. The van der Waals surface area contributed by atoms with E-state index in [1.54, 1.807) is 7.11 Å². The van der Waals surface area contributed by atoms with E-state index in [-0.39, 0.29) is 5.54 Å². The third-order valence-electron chi connectivity index (χ3n) is 3.25. The van der Waals surface area contributed by atoms with Crippen LogP contribution >= 0.6 is 0 Å². The molecule has 0 saturated heterocycles. The lowest BCUT2D eigenvalue weighted by atomic mass is 10.0. The molecule has 102 valence electrons. The SMILES string of the molecule is CNC(C)(C)CN(C)Cc1ccc(OC)c(C)c1. The summed E-state index contributed by atoms with van der Waals surface area (Å²) in [5.41, 5.74) is 2.65. The monoisotopic (exact) mass is 250 g/mol. The summed E-state index contributed by atoms with van der Waals surface area (Å²) < 4.78 is 5.28. The molecular weight excluding hydrogens is 224 g/mol. The summed E-state index contributed by atoms with van der Waals surface area (Å²) in [6.07, 6.45) is 0. The van der Waals surface area contributed by atoms with Gasteiger partial charge in [-0.25, -0.2) is 0 Å². The fourth-order valence-corrected chi connectivity index (χ4v) is 2.16. The van der Waals surface area contributed by atoms with Crippen LogP contribution in [0.1, 0.15) is 25.0 Å². The molecule has 0 fully saturated rings. The Balaban J connectivity index is 2.65. The van der Waals surface area contributed by atoms with Gasteiger partial charge in [0, 0.05) is 18.6 Å². The predicted molar refractivity (Wildman–Crippen MR) is 77.2 cm³/mol. The van der Waals surface area contributed by atoms with Crippen LogP contribution in [-0.2, 0) is 6.54 Å². The molecule has 1 aromatic carbocycles. The second kappa shape index (κ2) is 6.21. The van der Waals surface area contributed by atoms with E-state index in [1.165, 1.54) is 11.1 Å². The van der Waals surface area contributed by atoms with Crippen molar-refractivity contribution in [3.63, 3.8) is 0 Å². The molecule has 1 N–H and O–H groups in total. The van der Waals surface area contributed by atoms with Crippen LogP contribution in [0.25, 0.3) is 0 Å². The minimum absolute atomic E-state index is 0.135. The van der Waals surface area contributed by atoms with Gasteiger partial charge in [-0.3, -0.25) is 0 Å². The summed E-state index contributed by atoms with van der Waals surface area (Å²) in [6, 6.07) is 6.37. The van der Waals surface area contributed by atoms with E-state index in [0.717, 1.165) is 18.8 Å². The predicted octanol–water partition coefficient (Wildman–Crippen LogP) is 2.43. The Bertz CT molecular complexity index is 388. The van der Waals surface area contributed by atoms with Crippen LogP contribution in [0.3, 0.4) is 0 Å². The van der Waals surface area contributed by atoms with Gasteiger partial charge in [0.1, 0.15) is 5.75 Å². The van der Waals surface area contributed by atoms with E-state index in [4.69, 9.17) is 4.74 Å². The normalized spacial score (nSPS) is 11.9. The van der Waals surface area contributed by atoms with Crippen molar-refractivity contribution in [2.24, 2.45) is 0 Å². The number of aryl methyl sites for hydroxylation is 1. The Morgan fingerprint density at radius 2 is 2.00 bits per heavy atom. The van der Waals surface area contributed by atoms with Crippen LogP contribution in [-0.4, -0.2) is 38.2 Å². The zero-order valence-electron chi connectivity index (χ0n) is 12.5. The Kier molecular flexibility index (Phi) is 5.17. The highest BCUT2D eigenvalue weighted by Gasteiger charge is 2.17. The molecule has 0 spiro atoms. The van der Waals surface area contributed by atoms with Crippen LogP contribution in [0.15, 0.2) is 18.2 Å². The Morgan fingerprint density at radius 3 is 2.50 bits per heavy atom. The number of benzene rings is 1. The first-order valence-corrected chi connectivity index (χ1v) is 6.39. The summed E-state index contributed by atoms with van der Waals surface area (Å²) in [7, 11) is 5.87. The lowest BCUT2D eigenvalue weighted by molar-refractivity contribution is 0.238. The third kappa shape index (κ3) is 4.31. The van der Waals surface area contributed by atoms with Crippen LogP contribution in [0, 0.1) is 6.92 Å². The second-order valence-electron chi connectivity index (χ2n) is 5.61. The number of hydrogen-bond acceptors (Lipinski definition) is 3. The van der Waals surface area contributed by atoms with Crippen LogP contribution in [0.2, 0.25) is 0 Å². The van der Waals surface area contributed by atoms with E-state index in [1.807, 2.05) is 13.1 Å². The van der Waals surface area contributed by atoms with Gasteiger partial charge in [0.2, 0.25) is 0 Å². The molecule has 0 unspecified atom stereocenters. The Hall–Kier alpha value is -1.06. The van der Waals surface area contributed by atoms with Crippen molar-refractivity contribution in [1.29, 1.82) is 0 Å². The molecule has 0 atom stereocenters. The van der Waals surface area contributed by atoms with Gasteiger partial charge in [-0.2, -0.15) is 0 Å². The maximum atomic E-state index is 5.28. The van der Waals surface area contributed by atoms with Crippen LogP contribution in [0.5, 0.6) is 5.75 Å².